The van der Waals surface area contributed by atoms with Gasteiger partial charge in [-0.15, -0.1) is 0 Å². The van der Waals surface area contributed by atoms with Crippen molar-refractivity contribution in [2.24, 2.45) is 0 Å². The van der Waals surface area contributed by atoms with Crippen molar-refractivity contribution in [2.45, 2.75) is 64.6 Å². The predicted molar refractivity (Wildman–Crippen MR) is 80.0 cm³/mol. The third-order valence-electron chi connectivity index (χ3n) is 3.76. The molecule has 0 aromatic carbocycles. The molecular formula is C15H31N3O. The van der Waals surface area contributed by atoms with Crippen LogP contribution in [0.2, 0.25) is 0 Å². The first-order chi connectivity index (χ1) is 9.10. The average Bonchev–Trinajstić information content (AvgIpc) is 2.65. The van der Waals surface area contributed by atoms with Crippen LogP contribution in [0.5, 0.6) is 0 Å². The van der Waals surface area contributed by atoms with Crippen molar-refractivity contribution in [3.63, 3.8) is 0 Å². The van der Waals surface area contributed by atoms with Gasteiger partial charge in [0.1, 0.15) is 0 Å². The number of nitrogens with zero attached hydrogens (tertiary/aromatic N) is 2. The predicted octanol–water partition coefficient (Wildman–Crippen LogP) is 2.05. The van der Waals surface area contributed by atoms with Gasteiger partial charge in [-0.05, 0) is 39.9 Å². The molecule has 112 valence electrons. The minimum absolute atomic E-state index is 0.0656. The largest absolute Gasteiger partial charge is 0.326 e. The van der Waals surface area contributed by atoms with E-state index in [-0.39, 0.29) is 12.2 Å². The summed E-state index contributed by atoms with van der Waals surface area (Å²) < 4.78 is 0. The first kappa shape index (κ1) is 16.4. The lowest BCUT2D eigenvalue weighted by Gasteiger charge is -2.24. The van der Waals surface area contributed by atoms with Crippen LogP contribution in [-0.4, -0.2) is 55.1 Å². The fourth-order valence-corrected chi connectivity index (χ4v) is 2.70. The Labute approximate surface area is 118 Å². The SMILES string of the molecule is CCCCC1NC(CCC)N(CCCN(C)C)C1=O. The van der Waals surface area contributed by atoms with Gasteiger partial charge >= 0.3 is 0 Å². The van der Waals surface area contributed by atoms with E-state index in [1.165, 1.54) is 0 Å². The summed E-state index contributed by atoms with van der Waals surface area (Å²) in [7, 11) is 4.16. The molecule has 4 nitrogen and oxygen atoms in total. The number of hydrogen-bond acceptors (Lipinski definition) is 3. The topological polar surface area (TPSA) is 35.6 Å². The Morgan fingerprint density at radius 1 is 1.16 bits per heavy atom. The molecule has 1 fully saturated rings. The first-order valence-corrected chi connectivity index (χ1v) is 7.81. The highest BCUT2D eigenvalue weighted by Crippen LogP contribution is 2.19. The fourth-order valence-electron chi connectivity index (χ4n) is 2.70. The van der Waals surface area contributed by atoms with E-state index in [4.69, 9.17) is 0 Å². The van der Waals surface area contributed by atoms with Gasteiger partial charge < -0.3 is 9.80 Å². The maximum Gasteiger partial charge on any atom is 0.241 e. The van der Waals surface area contributed by atoms with E-state index in [0.29, 0.717) is 5.91 Å². The van der Waals surface area contributed by atoms with Gasteiger partial charge in [0.25, 0.3) is 0 Å². The molecule has 1 rings (SSSR count). The van der Waals surface area contributed by atoms with Gasteiger partial charge in [0.15, 0.2) is 0 Å². The summed E-state index contributed by atoms with van der Waals surface area (Å²) in [5.41, 5.74) is 0. The number of carbonyl (C=O) groups is 1. The number of amides is 1. The van der Waals surface area contributed by atoms with Crippen molar-refractivity contribution in [1.82, 2.24) is 15.1 Å². The van der Waals surface area contributed by atoms with Gasteiger partial charge in [-0.1, -0.05) is 33.1 Å². The van der Waals surface area contributed by atoms with Gasteiger partial charge in [-0.2, -0.15) is 0 Å². The van der Waals surface area contributed by atoms with Crippen molar-refractivity contribution in [2.75, 3.05) is 27.2 Å². The smallest absolute Gasteiger partial charge is 0.241 e. The van der Waals surface area contributed by atoms with Gasteiger partial charge in [-0.3, -0.25) is 10.1 Å². The molecule has 2 unspecified atom stereocenters. The minimum Gasteiger partial charge on any atom is -0.326 e. The van der Waals surface area contributed by atoms with Gasteiger partial charge in [0, 0.05) is 6.54 Å². The lowest BCUT2D eigenvalue weighted by atomic mass is 10.1. The van der Waals surface area contributed by atoms with Crippen molar-refractivity contribution >= 4 is 5.91 Å². The summed E-state index contributed by atoms with van der Waals surface area (Å²) in [5, 5.41) is 3.53. The molecule has 19 heavy (non-hydrogen) atoms. The second-order valence-corrected chi connectivity index (χ2v) is 5.85. The second kappa shape index (κ2) is 8.54. The highest BCUT2D eigenvalue weighted by atomic mass is 16.2. The Morgan fingerprint density at radius 3 is 2.47 bits per heavy atom. The lowest BCUT2D eigenvalue weighted by Crippen LogP contribution is -2.38. The highest BCUT2D eigenvalue weighted by molar-refractivity contribution is 5.84. The average molecular weight is 269 g/mol. The Hall–Kier alpha value is -0.610. The van der Waals surface area contributed by atoms with Gasteiger partial charge in [-0.25, -0.2) is 0 Å². The molecule has 0 aliphatic carbocycles. The molecule has 0 saturated carbocycles. The van der Waals surface area contributed by atoms with E-state index in [1.807, 2.05) is 0 Å². The molecule has 0 bridgehead atoms. The summed E-state index contributed by atoms with van der Waals surface area (Å²) in [6.45, 7) is 6.29. The number of carbonyl (C=O) groups excluding carboxylic acids is 1. The third-order valence-corrected chi connectivity index (χ3v) is 3.76. The second-order valence-electron chi connectivity index (χ2n) is 5.85. The van der Waals surface area contributed by atoms with E-state index >= 15 is 0 Å². The summed E-state index contributed by atoms with van der Waals surface area (Å²) in [6, 6.07) is 0.0656. The number of nitrogens with one attached hydrogen (secondary N) is 1. The Morgan fingerprint density at radius 2 is 1.89 bits per heavy atom. The number of hydrogen-bond donors (Lipinski definition) is 1. The Balaban J connectivity index is 2.50. The molecule has 0 spiro atoms. The zero-order valence-corrected chi connectivity index (χ0v) is 13.1. The van der Waals surface area contributed by atoms with Crippen molar-refractivity contribution < 1.29 is 4.79 Å². The van der Waals surface area contributed by atoms with Crippen LogP contribution in [0.25, 0.3) is 0 Å². The van der Waals surface area contributed by atoms with Crippen molar-refractivity contribution in [3.8, 4) is 0 Å². The number of unbranched alkanes of at least 4 members (excludes halogenated alkanes) is 1. The first-order valence-electron chi connectivity index (χ1n) is 7.81. The van der Waals surface area contributed by atoms with E-state index in [0.717, 1.165) is 51.6 Å². The van der Waals surface area contributed by atoms with E-state index in [2.05, 4.69) is 43.1 Å². The summed E-state index contributed by atoms with van der Waals surface area (Å²) in [5.74, 6) is 0.325. The Kier molecular flexibility index (Phi) is 7.39. The van der Waals surface area contributed by atoms with Crippen molar-refractivity contribution in [3.05, 3.63) is 0 Å². The summed E-state index contributed by atoms with van der Waals surface area (Å²) >= 11 is 0. The molecular weight excluding hydrogens is 238 g/mol. The molecule has 1 N–H and O–H groups in total. The lowest BCUT2D eigenvalue weighted by molar-refractivity contribution is -0.130. The summed E-state index contributed by atoms with van der Waals surface area (Å²) in [4.78, 5) is 16.7. The standard InChI is InChI=1S/C15H31N3O/c1-5-7-10-13-15(19)18(12-8-11-17(3)4)14(16-13)9-6-2/h13-14,16H,5-12H2,1-4H3. The Bertz CT molecular complexity index is 268. The van der Waals surface area contributed by atoms with Crippen LogP contribution in [0, 0.1) is 0 Å². The number of rotatable bonds is 9. The molecule has 1 saturated heterocycles. The molecule has 1 aliphatic rings. The molecule has 0 aromatic heterocycles. The minimum atomic E-state index is 0.0656. The molecule has 4 heteroatoms. The van der Waals surface area contributed by atoms with Crippen molar-refractivity contribution in [1.29, 1.82) is 0 Å². The van der Waals surface area contributed by atoms with E-state index < -0.39 is 0 Å². The van der Waals surface area contributed by atoms with Crippen LogP contribution in [0.4, 0.5) is 0 Å². The van der Waals surface area contributed by atoms with Crippen LogP contribution in [-0.2, 0) is 4.79 Å². The normalized spacial score (nSPS) is 23.6. The molecule has 0 aromatic rings. The van der Waals surface area contributed by atoms with Crippen LogP contribution in [0.3, 0.4) is 0 Å². The fraction of sp³-hybridized carbons (Fsp3) is 0.933. The van der Waals surface area contributed by atoms with Gasteiger partial charge in [0.2, 0.25) is 5.91 Å². The highest BCUT2D eigenvalue weighted by Gasteiger charge is 2.37. The molecule has 0 radical (unpaired) electrons. The van der Waals surface area contributed by atoms with Gasteiger partial charge in [0.05, 0.1) is 12.2 Å². The monoisotopic (exact) mass is 269 g/mol. The van der Waals surface area contributed by atoms with E-state index in [9.17, 15) is 4.79 Å². The molecule has 2 atom stereocenters. The van der Waals surface area contributed by atoms with Crippen LogP contribution in [0.15, 0.2) is 0 Å². The zero-order chi connectivity index (χ0) is 14.3. The van der Waals surface area contributed by atoms with Crippen LogP contribution >= 0.6 is 0 Å². The zero-order valence-electron chi connectivity index (χ0n) is 13.1. The molecule has 1 amide bonds. The summed E-state index contributed by atoms with van der Waals surface area (Å²) in [6.07, 6.45) is 6.78. The third kappa shape index (κ3) is 5.11. The maximum atomic E-state index is 12.4. The van der Waals surface area contributed by atoms with Crippen LogP contribution in [0.1, 0.15) is 52.4 Å². The quantitative estimate of drug-likeness (QED) is 0.696. The van der Waals surface area contributed by atoms with E-state index in [1.54, 1.807) is 0 Å². The maximum absolute atomic E-state index is 12.4. The molecule has 1 heterocycles. The van der Waals surface area contributed by atoms with Crippen LogP contribution < -0.4 is 5.32 Å². The molecule has 1 aliphatic heterocycles.